The number of hydrogen-bond donors (Lipinski definition) is 1. The first-order valence-corrected chi connectivity index (χ1v) is 10.8. The number of fused-ring (bicyclic) bond motifs is 1. The molecule has 2 aliphatic rings. The second kappa shape index (κ2) is 8.11. The number of halogens is 1. The van der Waals surface area contributed by atoms with Crippen LogP contribution in [0.25, 0.3) is 0 Å². The number of sulfonamides is 1. The maximum Gasteiger partial charge on any atom is 0.259 e. The first-order chi connectivity index (χ1) is 14.4. The fourth-order valence-electron chi connectivity index (χ4n) is 3.00. The number of hydrogen-bond acceptors (Lipinski definition) is 5. The predicted molar refractivity (Wildman–Crippen MR) is 111 cm³/mol. The predicted octanol–water partition coefficient (Wildman–Crippen LogP) is 2.84. The second-order valence-electron chi connectivity index (χ2n) is 6.71. The van der Waals surface area contributed by atoms with E-state index in [4.69, 9.17) is 4.74 Å². The lowest BCUT2D eigenvalue weighted by Crippen LogP contribution is -2.40. The van der Waals surface area contributed by atoms with E-state index in [0.29, 0.717) is 11.4 Å². The molecule has 9 heteroatoms. The summed E-state index contributed by atoms with van der Waals surface area (Å²) < 4.78 is 46.1. The van der Waals surface area contributed by atoms with Crippen molar-refractivity contribution in [2.24, 2.45) is 4.40 Å². The Morgan fingerprint density at radius 3 is 2.80 bits per heavy atom. The molecule has 2 aromatic rings. The highest BCUT2D eigenvalue weighted by molar-refractivity contribution is 7.90. The molecular formula is C21H18FN3O4S. The Labute approximate surface area is 173 Å². The summed E-state index contributed by atoms with van der Waals surface area (Å²) in [6, 6.07) is 12.8. The largest absolute Gasteiger partial charge is 0.489 e. The van der Waals surface area contributed by atoms with Crippen molar-refractivity contribution in [1.29, 1.82) is 0 Å². The Kier molecular flexibility index (Phi) is 5.37. The molecule has 7 nitrogen and oxygen atoms in total. The van der Waals surface area contributed by atoms with Crippen LogP contribution < -0.4 is 10.1 Å². The quantitative estimate of drug-likeness (QED) is 0.793. The Morgan fingerprint density at radius 2 is 2.00 bits per heavy atom. The van der Waals surface area contributed by atoms with E-state index in [1.807, 2.05) is 0 Å². The van der Waals surface area contributed by atoms with Gasteiger partial charge < -0.3 is 15.0 Å². The van der Waals surface area contributed by atoms with Gasteiger partial charge in [-0.3, -0.25) is 4.79 Å². The van der Waals surface area contributed by atoms with Crippen molar-refractivity contribution in [2.45, 2.75) is 6.61 Å². The fraction of sp³-hybridized carbons (Fsp3) is 0.143. The topological polar surface area (TPSA) is 88.1 Å². The minimum absolute atomic E-state index is 0.0941. The third-order valence-corrected chi connectivity index (χ3v) is 5.66. The fourth-order valence-corrected chi connectivity index (χ4v) is 3.99. The zero-order valence-corrected chi connectivity index (χ0v) is 16.6. The van der Waals surface area contributed by atoms with Crippen molar-refractivity contribution in [3.05, 3.63) is 83.8 Å². The number of carbonyl (C=O) groups excluding carboxylic acids is 1. The maximum absolute atomic E-state index is 13.0. The Morgan fingerprint density at radius 1 is 1.20 bits per heavy atom. The minimum Gasteiger partial charge on any atom is -0.489 e. The van der Waals surface area contributed by atoms with Crippen molar-refractivity contribution in [2.75, 3.05) is 17.6 Å². The van der Waals surface area contributed by atoms with Gasteiger partial charge in [0.1, 0.15) is 18.2 Å². The molecule has 0 radical (unpaired) electrons. The first-order valence-electron chi connectivity index (χ1n) is 9.16. The summed E-state index contributed by atoms with van der Waals surface area (Å²) in [6.45, 7) is 0.492. The van der Waals surface area contributed by atoms with Gasteiger partial charge in [0.25, 0.3) is 15.9 Å². The Hall–Kier alpha value is -3.46. The summed E-state index contributed by atoms with van der Waals surface area (Å²) in [5, 5.41) is 2.75. The molecule has 0 fully saturated rings. The molecule has 0 unspecified atom stereocenters. The summed E-state index contributed by atoms with van der Waals surface area (Å²) >= 11 is 0. The summed E-state index contributed by atoms with van der Waals surface area (Å²) in [4.78, 5) is 14.4. The smallest absolute Gasteiger partial charge is 0.259 e. The molecule has 154 valence electrons. The summed E-state index contributed by atoms with van der Waals surface area (Å²) in [7, 11) is -3.59. The average molecular weight is 427 g/mol. The number of amides is 1. The van der Waals surface area contributed by atoms with Gasteiger partial charge >= 0.3 is 0 Å². The molecule has 1 N–H and O–H groups in total. The van der Waals surface area contributed by atoms with Crippen LogP contribution in [0.15, 0.2) is 76.9 Å². The van der Waals surface area contributed by atoms with Gasteiger partial charge in [-0.2, -0.15) is 0 Å². The molecule has 0 saturated heterocycles. The van der Waals surface area contributed by atoms with Crippen molar-refractivity contribution >= 4 is 27.5 Å². The SMILES string of the molecule is O=C(Nc1cccc(OCc2ccc(F)cc2)c1)C1=CC=CN2CCS(=O)(=O)N=C12. The average Bonchev–Trinajstić information content (AvgIpc) is 2.72. The van der Waals surface area contributed by atoms with Gasteiger partial charge in [-0.15, -0.1) is 4.40 Å². The molecule has 2 aliphatic heterocycles. The second-order valence-corrected chi connectivity index (χ2v) is 8.47. The lowest BCUT2D eigenvalue weighted by atomic mass is 10.1. The van der Waals surface area contributed by atoms with E-state index in [-0.39, 0.29) is 36.1 Å². The third kappa shape index (κ3) is 4.57. The first kappa shape index (κ1) is 19.8. The monoisotopic (exact) mass is 427 g/mol. The van der Waals surface area contributed by atoms with Gasteiger partial charge in [0, 0.05) is 24.5 Å². The number of rotatable bonds is 5. The van der Waals surface area contributed by atoms with Crippen LogP contribution in [0.5, 0.6) is 5.75 Å². The van der Waals surface area contributed by atoms with E-state index in [2.05, 4.69) is 9.71 Å². The van der Waals surface area contributed by atoms with Crippen molar-refractivity contribution < 1.29 is 22.3 Å². The van der Waals surface area contributed by atoms with Crippen molar-refractivity contribution in [3.8, 4) is 5.75 Å². The highest BCUT2D eigenvalue weighted by atomic mass is 32.2. The van der Waals surface area contributed by atoms with Gasteiger partial charge in [-0.05, 0) is 42.0 Å². The van der Waals surface area contributed by atoms with Crippen LogP contribution in [0.3, 0.4) is 0 Å². The molecule has 0 bridgehead atoms. The van der Waals surface area contributed by atoms with E-state index < -0.39 is 15.9 Å². The maximum atomic E-state index is 13.0. The van der Waals surface area contributed by atoms with E-state index in [0.717, 1.165) is 5.56 Å². The molecule has 0 aromatic heterocycles. The van der Waals surface area contributed by atoms with E-state index in [1.54, 1.807) is 53.6 Å². The zero-order chi connectivity index (χ0) is 21.1. The highest BCUT2D eigenvalue weighted by Crippen LogP contribution is 2.22. The normalized spacial score (nSPS) is 16.9. The third-order valence-electron chi connectivity index (χ3n) is 4.51. The van der Waals surface area contributed by atoms with Crippen LogP contribution in [0.2, 0.25) is 0 Å². The summed E-state index contributed by atoms with van der Waals surface area (Å²) in [6.07, 6.45) is 4.89. The molecule has 0 saturated carbocycles. The molecule has 0 aliphatic carbocycles. The number of allylic oxidation sites excluding steroid dienone is 2. The number of carbonyl (C=O) groups is 1. The number of benzene rings is 2. The molecule has 0 atom stereocenters. The van der Waals surface area contributed by atoms with Crippen molar-refractivity contribution in [3.63, 3.8) is 0 Å². The number of amidine groups is 1. The molecule has 4 rings (SSSR count). The lowest BCUT2D eigenvalue weighted by molar-refractivity contribution is -0.112. The van der Waals surface area contributed by atoms with E-state index in [1.165, 1.54) is 18.2 Å². The molecule has 0 spiro atoms. The van der Waals surface area contributed by atoms with E-state index >= 15 is 0 Å². The number of anilines is 1. The molecular weight excluding hydrogens is 409 g/mol. The highest BCUT2D eigenvalue weighted by Gasteiger charge is 2.29. The van der Waals surface area contributed by atoms with Gasteiger partial charge in [0.15, 0.2) is 5.84 Å². The number of ether oxygens (including phenoxy) is 1. The minimum atomic E-state index is -3.59. The van der Waals surface area contributed by atoms with Gasteiger partial charge in [0.05, 0.1) is 11.3 Å². The van der Waals surface area contributed by atoms with Crippen LogP contribution >= 0.6 is 0 Å². The Balaban J connectivity index is 1.46. The van der Waals surface area contributed by atoms with E-state index in [9.17, 15) is 17.6 Å². The van der Waals surface area contributed by atoms with Gasteiger partial charge in [0.2, 0.25) is 0 Å². The number of nitrogens with one attached hydrogen (secondary N) is 1. The van der Waals surface area contributed by atoms with Crippen LogP contribution in [0.4, 0.5) is 10.1 Å². The molecule has 2 aromatic carbocycles. The molecule has 2 heterocycles. The standard InChI is InChI=1S/C21H18FN3O4S/c22-16-8-6-15(7-9-16)14-29-18-4-1-3-17(13-18)23-21(26)19-5-2-10-25-11-12-30(27,28)24-20(19)25/h1-10,13H,11-12,14H2,(H,23,26). The van der Waals surface area contributed by atoms with Gasteiger partial charge in [-0.1, -0.05) is 18.2 Å². The van der Waals surface area contributed by atoms with Crippen LogP contribution in [0, 0.1) is 5.82 Å². The van der Waals surface area contributed by atoms with Crippen LogP contribution in [-0.4, -0.2) is 37.4 Å². The summed E-state index contributed by atoms with van der Waals surface area (Å²) in [5.74, 6) is -0.248. The van der Waals surface area contributed by atoms with Crippen LogP contribution in [0.1, 0.15) is 5.56 Å². The molecule has 1 amide bonds. The number of nitrogens with zero attached hydrogens (tertiary/aromatic N) is 2. The molecule has 30 heavy (non-hydrogen) atoms. The van der Waals surface area contributed by atoms with Crippen molar-refractivity contribution in [1.82, 2.24) is 4.90 Å². The zero-order valence-electron chi connectivity index (χ0n) is 15.8. The van der Waals surface area contributed by atoms with Gasteiger partial charge in [-0.25, -0.2) is 12.8 Å². The lowest BCUT2D eigenvalue weighted by Gasteiger charge is -2.28. The van der Waals surface area contributed by atoms with Crippen LogP contribution in [-0.2, 0) is 21.4 Å². The summed E-state index contributed by atoms with van der Waals surface area (Å²) in [5.41, 5.74) is 1.46. The Bertz CT molecular complexity index is 1170.